The maximum Gasteiger partial charge on any atom is 0.297 e. The van der Waals surface area contributed by atoms with Gasteiger partial charge in [0.1, 0.15) is 0 Å². The number of amides is 1. The fraction of sp³-hybridized carbons (Fsp3) is 0.450. The van der Waals surface area contributed by atoms with Crippen LogP contribution in [-0.2, 0) is 0 Å². The van der Waals surface area contributed by atoms with E-state index in [1.54, 1.807) is 24.3 Å². The fourth-order valence-electron chi connectivity index (χ4n) is 3.38. The molecule has 29 heavy (non-hydrogen) atoms. The summed E-state index contributed by atoms with van der Waals surface area (Å²) < 4.78 is 53.6. The van der Waals surface area contributed by atoms with E-state index in [0.29, 0.717) is 18.4 Å². The molecule has 0 radical (unpaired) electrons. The second kappa shape index (κ2) is 8.26. The van der Waals surface area contributed by atoms with Gasteiger partial charge in [-0.2, -0.15) is 0 Å². The Kier molecular flexibility index (Phi) is 6.12. The number of hydrogen-bond donors (Lipinski definition) is 1. The minimum absolute atomic E-state index is 0.0271. The van der Waals surface area contributed by atoms with Gasteiger partial charge < -0.3 is 5.32 Å². The van der Waals surface area contributed by atoms with E-state index in [9.17, 15) is 22.4 Å². The minimum atomic E-state index is -2.89. The van der Waals surface area contributed by atoms with Gasteiger partial charge in [0.2, 0.25) is 0 Å². The van der Waals surface area contributed by atoms with Crippen LogP contribution in [0.1, 0.15) is 60.3 Å². The lowest BCUT2D eigenvalue weighted by Crippen LogP contribution is -2.33. The Hall–Kier alpha value is -2.22. The smallest absolute Gasteiger partial charge is 0.297 e. The van der Waals surface area contributed by atoms with E-state index in [-0.39, 0.29) is 23.6 Å². The Bertz CT molecular complexity index is 867. The number of aromatic nitrogens is 2. The first kappa shape index (κ1) is 21.5. The number of rotatable bonds is 8. The third-order valence-electron chi connectivity index (χ3n) is 5.41. The summed E-state index contributed by atoms with van der Waals surface area (Å²) in [5.74, 6) is -4.52. The number of halogens is 5. The van der Waals surface area contributed by atoms with Gasteiger partial charge in [-0.1, -0.05) is 23.7 Å². The normalized spacial score (nSPS) is 16.5. The van der Waals surface area contributed by atoms with Crippen LogP contribution in [0.3, 0.4) is 0 Å². The molecular weight excluding hydrogens is 410 g/mol. The summed E-state index contributed by atoms with van der Waals surface area (Å²) in [5.41, 5.74) is -0.489. The number of benzene rings is 1. The van der Waals surface area contributed by atoms with Crippen molar-refractivity contribution in [3.63, 3.8) is 0 Å². The molecule has 1 aliphatic carbocycles. The predicted molar refractivity (Wildman–Crippen MR) is 100 cm³/mol. The lowest BCUT2D eigenvalue weighted by atomic mass is 9.84. The maximum atomic E-state index is 14.1. The average molecular weight is 430 g/mol. The highest BCUT2D eigenvalue weighted by molar-refractivity contribution is 6.33. The van der Waals surface area contributed by atoms with E-state index in [2.05, 4.69) is 15.3 Å². The van der Waals surface area contributed by atoms with Gasteiger partial charge in [-0.25, -0.2) is 27.5 Å². The average Bonchev–Trinajstić information content (AvgIpc) is 3.46. The molecule has 1 saturated carbocycles. The Balaban J connectivity index is 1.79. The monoisotopic (exact) mass is 429 g/mol. The van der Waals surface area contributed by atoms with Crippen LogP contribution in [0.5, 0.6) is 0 Å². The number of nitrogens with one attached hydrogen (secondary N) is 1. The molecule has 156 valence electrons. The van der Waals surface area contributed by atoms with Crippen molar-refractivity contribution in [3.8, 4) is 0 Å². The molecule has 1 aliphatic rings. The molecule has 0 bridgehead atoms. The molecular formula is C20H20ClF4N3O. The van der Waals surface area contributed by atoms with Crippen molar-refractivity contribution in [2.24, 2.45) is 5.41 Å². The first-order valence-corrected chi connectivity index (χ1v) is 9.51. The van der Waals surface area contributed by atoms with Crippen molar-refractivity contribution >= 4 is 17.5 Å². The molecule has 2 aromatic rings. The van der Waals surface area contributed by atoms with Crippen molar-refractivity contribution in [2.45, 2.75) is 44.5 Å². The molecule has 1 aromatic heterocycles. The van der Waals surface area contributed by atoms with Gasteiger partial charge in [0.15, 0.2) is 5.82 Å². The Morgan fingerprint density at radius 1 is 1.24 bits per heavy atom. The van der Waals surface area contributed by atoms with E-state index in [0.717, 1.165) is 6.92 Å². The van der Waals surface area contributed by atoms with Gasteiger partial charge in [-0.05, 0) is 43.9 Å². The molecule has 9 heteroatoms. The topological polar surface area (TPSA) is 54.9 Å². The second-order valence-corrected chi connectivity index (χ2v) is 7.84. The summed E-state index contributed by atoms with van der Waals surface area (Å²) in [5, 5.41) is 2.97. The van der Waals surface area contributed by atoms with E-state index in [1.807, 2.05) is 0 Å². The molecule has 1 heterocycles. The molecule has 1 N–H and O–H groups in total. The molecule has 0 spiro atoms. The number of alkyl halides is 4. The zero-order valence-corrected chi connectivity index (χ0v) is 16.4. The summed E-state index contributed by atoms with van der Waals surface area (Å²) >= 11 is 6.02. The van der Waals surface area contributed by atoms with Crippen molar-refractivity contribution in [1.82, 2.24) is 15.3 Å². The molecule has 1 atom stereocenters. The first-order chi connectivity index (χ1) is 13.6. The summed E-state index contributed by atoms with van der Waals surface area (Å²) in [4.78, 5) is 19.7. The molecule has 1 amide bonds. The molecule has 0 aliphatic heterocycles. The zero-order chi connectivity index (χ0) is 21.2. The quantitative estimate of drug-likeness (QED) is 0.571. The number of carbonyl (C=O) groups excluding carboxylic acids is 1. The van der Waals surface area contributed by atoms with Gasteiger partial charge in [0, 0.05) is 30.3 Å². The van der Waals surface area contributed by atoms with Crippen molar-refractivity contribution in [2.75, 3.05) is 6.54 Å². The van der Waals surface area contributed by atoms with E-state index in [4.69, 9.17) is 11.6 Å². The van der Waals surface area contributed by atoms with Crippen molar-refractivity contribution in [1.29, 1.82) is 0 Å². The van der Waals surface area contributed by atoms with Crippen LogP contribution in [0, 0.1) is 5.41 Å². The standard InChI is InChI=1S/C20H20ClF4N3O/c1-19(24,25)20(6-7-20)8-12(13-10-26-17(16(22)23)27-11-13)9-28-18(29)14-4-2-3-5-15(14)21/h2-5,10-12,16H,6-9H2,1H3,(H,28,29). The van der Waals surface area contributed by atoms with Gasteiger partial charge in [0.25, 0.3) is 18.3 Å². The van der Waals surface area contributed by atoms with Gasteiger partial charge in [-0.3, -0.25) is 4.79 Å². The Morgan fingerprint density at radius 3 is 2.38 bits per heavy atom. The third-order valence-corrected chi connectivity index (χ3v) is 5.74. The van der Waals surface area contributed by atoms with E-state index >= 15 is 0 Å². The molecule has 0 saturated heterocycles. The van der Waals surface area contributed by atoms with Crippen molar-refractivity contribution < 1.29 is 22.4 Å². The molecule has 1 aromatic carbocycles. The lowest BCUT2D eigenvalue weighted by molar-refractivity contribution is -0.0604. The van der Waals surface area contributed by atoms with Gasteiger partial charge >= 0.3 is 0 Å². The van der Waals surface area contributed by atoms with E-state index in [1.165, 1.54) is 12.4 Å². The predicted octanol–water partition coefficient (Wildman–Crippen LogP) is 5.41. The lowest BCUT2D eigenvalue weighted by Gasteiger charge is -2.28. The van der Waals surface area contributed by atoms with E-state index < -0.39 is 35.4 Å². The minimum Gasteiger partial charge on any atom is -0.351 e. The maximum absolute atomic E-state index is 14.1. The van der Waals surface area contributed by atoms with Gasteiger partial charge in [-0.15, -0.1) is 0 Å². The Labute approximate surface area is 170 Å². The highest BCUT2D eigenvalue weighted by Gasteiger charge is 2.59. The molecule has 1 fully saturated rings. The highest BCUT2D eigenvalue weighted by atomic mass is 35.5. The van der Waals surface area contributed by atoms with Crippen LogP contribution in [0.2, 0.25) is 5.02 Å². The Morgan fingerprint density at radius 2 is 1.86 bits per heavy atom. The van der Waals surface area contributed by atoms with Crippen molar-refractivity contribution in [3.05, 3.63) is 58.6 Å². The van der Waals surface area contributed by atoms with Crippen LogP contribution >= 0.6 is 11.6 Å². The number of nitrogens with zero attached hydrogens (tertiary/aromatic N) is 2. The van der Waals surface area contributed by atoms with Crippen LogP contribution in [0.15, 0.2) is 36.7 Å². The molecule has 1 unspecified atom stereocenters. The SMILES string of the molecule is CC(F)(F)C1(CC(CNC(=O)c2ccccc2Cl)c2cnc(C(F)F)nc2)CC1. The molecule has 4 nitrogen and oxygen atoms in total. The van der Waals surface area contributed by atoms with Crippen LogP contribution < -0.4 is 5.32 Å². The summed E-state index contributed by atoms with van der Waals surface area (Å²) in [6.45, 7) is 0.912. The largest absolute Gasteiger partial charge is 0.351 e. The number of hydrogen-bond acceptors (Lipinski definition) is 3. The fourth-order valence-corrected chi connectivity index (χ4v) is 3.60. The van der Waals surface area contributed by atoms with Gasteiger partial charge in [0.05, 0.1) is 10.6 Å². The van der Waals surface area contributed by atoms with Crippen LogP contribution in [-0.4, -0.2) is 28.3 Å². The highest BCUT2D eigenvalue weighted by Crippen LogP contribution is 2.61. The van der Waals surface area contributed by atoms with Crippen LogP contribution in [0.4, 0.5) is 17.6 Å². The number of carbonyl (C=O) groups is 1. The first-order valence-electron chi connectivity index (χ1n) is 9.13. The van der Waals surface area contributed by atoms with Crippen LogP contribution in [0.25, 0.3) is 0 Å². The molecule has 3 rings (SSSR count). The summed E-state index contributed by atoms with van der Waals surface area (Å²) in [6.07, 6.45) is 0.409. The third kappa shape index (κ3) is 4.86. The zero-order valence-electron chi connectivity index (χ0n) is 15.6. The second-order valence-electron chi connectivity index (χ2n) is 7.43. The summed E-state index contributed by atoms with van der Waals surface area (Å²) in [6, 6.07) is 6.47. The summed E-state index contributed by atoms with van der Waals surface area (Å²) in [7, 11) is 0.